The molecule has 0 saturated carbocycles. The van der Waals surface area contributed by atoms with Gasteiger partial charge in [0, 0.05) is 5.56 Å². The molecule has 0 bridgehead atoms. The van der Waals surface area contributed by atoms with Crippen molar-refractivity contribution in [1.82, 2.24) is 0 Å². The maximum atomic E-state index is 13.0. The van der Waals surface area contributed by atoms with Crippen molar-refractivity contribution in [2.45, 2.75) is 19.1 Å². The van der Waals surface area contributed by atoms with Gasteiger partial charge in [0.15, 0.2) is 5.75 Å². The number of aliphatic hydroxyl groups excluding tert-OH is 1. The lowest BCUT2D eigenvalue weighted by Crippen LogP contribution is -2.43. The smallest absolute Gasteiger partial charge is 0.423 e. The van der Waals surface area contributed by atoms with Gasteiger partial charge in [-0.2, -0.15) is 8.78 Å². The standard InChI is InChI=1S/C10H9F2NO3/c1-5(14)6-3-2-4-7-8(6)16-10(11,12)9(15)13-7/h2-5,14H,1H3,(H,13,15). The van der Waals surface area contributed by atoms with Crippen molar-refractivity contribution in [3.8, 4) is 5.75 Å². The Labute approximate surface area is 89.8 Å². The van der Waals surface area contributed by atoms with Crippen LogP contribution < -0.4 is 10.1 Å². The number of halogens is 2. The van der Waals surface area contributed by atoms with Crippen molar-refractivity contribution >= 4 is 11.6 Å². The van der Waals surface area contributed by atoms with Gasteiger partial charge in [-0.1, -0.05) is 12.1 Å². The maximum Gasteiger partial charge on any atom is 0.482 e. The van der Waals surface area contributed by atoms with E-state index < -0.39 is 18.1 Å². The molecule has 0 aromatic heterocycles. The van der Waals surface area contributed by atoms with E-state index in [9.17, 15) is 18.7 Å². The summed E-state index contributed by atoms with van der Waals surface area (Å²) in [4.78, 5) is 10.9. The lowest BCUT2D eigenvalue weighted by atomic mass is 10.1. The van der Waals surface area contributed by atoms with Gasteiger partial charge in [0.1, 0.15) is 0 Å². The summed E-state index contributed by atoms with van der Waals surface area (Å²) in [6.07, 6.45) is -4.86. The van der Waals surface area contributed by atoms with E-state index in [0.717, 1.165) is 0 Å². The number of carbonyl (C=O) groups is 1. The van der Waals surface area contributed by atoms with Gasteiger partial charge < -0.3 is 15.2 Å². The number of ether oxygens (including phenoxy) is 1. The number of hydrogen-bond acceptors (Lipinski definition) is 3. The molecule has 0 saturated heterocycles. The molecule has 2 N–H and O–H groups in total. The Hall–Kier alpha value is -1.69. The Bertz CT molecular complexity index is 446. The van der Waals surface area contributed by atoms with Gasteiger partial charge in [-0.3, -0.25) is 4.79 Å². The Kier molecular flexibility index (Phi) is 2.31. The number of rotatable bonds is 1. The topological polar surface area (TPSA) is 58.6 Å². The second kappa shape index (κ2) is 3.41. The number of alkyl halides is 2. The molecule has 1 atom stereocenters. The molecule has 0 spiro atoms. The van der Waals surface area contributed by atoms with Gasteiger partial charge in [-0.25, -0.2) is 0 Å². The lowest BCUT2D eigenvalue weighted by molar-refractivity contribution is -0.189. The summed E-state index contributed by atoms with van der Waals surface area (Å²) in [5, 5.41) is 11.4. The first-order valence-electron chi connectivity index (χ1n) is 4.61. The maximum absolute atomic E-state index is 13.0. The summed E-state index contributed by atoms with van der Waals surface area (Å²) in [6.45, 7) is 1.42. The Morgan fingerprint density at radius 2 is 2.19 bits per heavy atom. The lowest BCUT2D eigenvalue weighted by Gasteiger charge is -2.27. The Balaban J connectivity index is 2.52. The third-order valence-corrected chi connectivity index (χ3v) is 2.24. The average Bonchev–Trinajstić information content (AvgIpc) is 2.18. The van der Waals surface area contributed by atoms with Crippen molar-refractivity contribution in [2.24, 2.45) is 0 Å². The molecule has 1 aromatic carbocycles. The summed E-state index contributed by atoms with van der Waals surface area (Å²) in [6, 6.07) is 4.42. The molecule has 16 heavy (non-hydrogen) atoms. The van der Waals surface area contributed by atoms with Crippen LogP contribution in [0.4, 0.5) is 14.5 Å². The van der Waals surface area contributed by atoms with Crippen LogP contribution in [-0.4, -0.2) is 17.1 Å². The van der Waals surface area contributed by atoms with E-state index in [0.29, 0.717) is 0 Å². The molecular weight excluding hydrogens is 220 g/mol. The number of aliphatic hydroxyl groups is 1. The molecule has 1 aliphatic heterocycles. The van der Waals surface area contributed by atoms with Crippen LogP contribution in [0.15, 0.2) is 18.2 Å². The fourth-order valence-electron chi connectivity index (χ4n) is 1.47. The summed E-state index contributed by atoms with van der Waals surface area (Å²) in [7, 11) is 0. The minimum absolute atomic E-state index is 0.134. The van der Waals surface area contributed by atoms with E-state index in [1.54, 1.807) is 0 Å². The zero-order chi connectivity index (χ0) is 11.9. The fraction of sp³-hybridized carbons (Fsp3) is 0.300. The van der Waals surface area contributed by atoms with Crippen LogP contribution in [0.1, 0.15) is 18.6 Å². The van der Waals surface area contributed by atoms with Gasteiger partial charge in [0.2, 0.25) is 0 Å². The predicted octanol–water partition coefficient (Wildman–Crippen LogP) is 1.66. The van der Waals surface area contributed by atoms with E-state index in [4.69, 9.17) is 0 Å². The summed E-state index contributed by atoms with van der Waals surface area (Å²) in [5.41, 5.74) is 0.339. The highest BCUT2D eigenvalue weighted by atomic mass is 19.3. The van der Waals surface area contributed by atoms with Crippen molar-refractivity contribution in [1.29, 1.82) is 0 Å². The highest BCUT2D eigenvalue weighted by Crippen LogP contribution is 2.40. The third kappa shape index (κ3) is 1.61. The number of amides is 1. The van der Waals surface area contributed by atoms with Crippen molar-refractivity contribution < 1.29 is 23.4 Å². The summed E-state index contributed by atoms with van der Waals surface area (Å²) in [5.74, 6) is -1.70. The van der Waals surface area contributed by atoms with Crippen LogP contribution >= 0.6 is 0 Å². The number of fused-ring (bicyclic) bond motifs is 1. The van der Waals surface area contributed by atoms with Crippen LogP contribution in [0, 0.1) is 0 Å². The molecular formula is C10H9F2NO3. The minimum Gasteiger partial charge on any atom is -0.423 e. The molecule has 86 valence electrons. The first kappa shape index (κ1) is 10.8. The second-order valence-corrected chi connectivity index (χ2v) is 3.47. The van der Waals surface area contributed by atoms with E-state index >= 15 is 0 Å². The van der Waals surface area contributed by atoms with Crippen LogP contribution in [0.2, 0.25) is 0 Å². The van der Waals surface area contributed by atoms with Crippen LogP contribution in [0.3, 0.4) is 0 Å². The molecule has 1 heterocycles. The zero-order valence-electron chi connectivity index (χ0n) is 8.33. The number of nitrogens with one attached hydrogen (secondary N) is 1. The predicted molar refractivity (Wildman–Crippen MR) is 51.3 cm³/mol. The molecule has 2 rings (SSSR count). The molecule has 6 heteroatoms. The Morgan fingerprint density at radius 1 is 1.50 bits per heavy atom. The second-order valence-electron chi connectivity index (χ2n) is 3.47. The summed E-state index contributed by atoms with van der Waals surface area (Å²) >= 11 is 0. The molecule has 1 amide bonds. The van der Waals surface area contributed by atoms with Gasteiger partial charge >= 0.3 is 12.0 Å². The third-order valence-electron chi connectivity index (χ3n) is 2.24. The fourth-order valence-corrected chi connectivity index (χ4v) is 1.47. The number of hydrogen-bond donors (Lipinski definition) is 2. The van der Waals surface area contributed by atoms with Crippen LogP contribution in [0.25, 0.3) is 0 Å². The molecule has 1 aliphatic rings. The van der Waals surface area contributed by atoms with Crippen LogP contribution in [-0.2, 0) is 4.79 Å². The number of benzene rings is 1. The van der Waals surface area contributed by atoms with Crippen LogP contribution in [0.5, 0.6) is 5.75 Å². The largest absolute Gasteiger partial charge is 0.482 e. The van der Waals surface area contributed by atoms with Crippen molar-refractivity contribution in [2.75, 3.05) is 5.32 Å². The van der Waals surface area contributed by atoms with Gasteiger partial charge in [0.25, 0.3) is 0 Å². The van der Waals surface area contributed by atoms with E-state index in [1.807, 2.05) is 5.32 Å². The molecule has 0 radical (unpaired) electrons. The van der Waals surface area contributed by atoms with Crippen molar-refractivity contribution in [3.05, 3.63) is 23.8 Å². The normalized spacial score (nSPS) is 19.4. The number of anilines is 1. The highest BCUT2D eigenvalue weighted by molar-refractivity contribution is 5.98. The molecule has 0 aliphatic carbocycles. The van der Waals surface area contributed by atoms with E-state index in [1.165, 1.54) is 25.1 Å². The minimum atomic E-state index is -3.90. The van der Waals surface area contributed by atoms with Gasteiger partial charge in [-0.05, 0) is 13.0 Å². The highest BCUT2D eigenvalue weighted by Gasteiger charge is 2.47. The monoisotopic (exact) mass is 229 g/mol. The SMILES string of the molecule is CC(O)c1cccc2c1OC(F)(F)C(=O)N2. The first-order chi connectivity index (χ1) is 7.42. The van der Waals surface area contributed by atoms with Crippen molar-refractivity contribution in [3.63, 3.8) is 0 Å². The quantitative estimate of drug-likeness (QED) is 0.770. The number of carbonyl (C=O) groups excluding carboxylic acids is 1. The first-order valence-corrected chi connectivity index (χ1v) is 4.61. The Morgan fingerprint density at radius 3 is 2.81 bits per heavy atom. The zero-order valence-corrected chi connectivity index (χ0v) is 8.33. The molecule has 4 nitrogen and oxygen atoms in total. The molecule has 0 fully saturated rings. The molecule has 1 unspecified atom stereocenters. The number of para-hydroxylation sites is 1. The van der Waals surface area contributed by atoms with Gasteiger partial charge in [0.05, 0.1) is 11.8 Å². The van der Waals surface area contributed by atoms with Gasteiger partial charge in [-0.15, -0.1) is 0 Å². The summed E-state index contributed by atoms with van der Waals surface area (Å²) < 4.78 is 30.3. The van der Waals surface area contributed by atoms with E-state index in [-0.39, 0.29) is 17.0 Å². The van der Waals surface area contributed by atoms with E-state index in [2.05, 4.69) is 4.74 Å². The molecule has 1 aromatic rings. The average molecular weight is 229 g/mol.